The van der Waals surface area contributed by atoms with Gasteiger partial charge in [0, 0.05) is 26.2 Å². The molecular formula is C24H37N3O2. The Morgan fingerprint density at radius 2 is 1.93 bits per heavy atom. The summed E-state index contributed by atoms with van der Waals surface area (Å²) in [4.78, 5) is 30.9. The maximum absolute atomic E-state index is 13.3. The first-order valence-corrected chi connectivity index (χ1v) is 11.3. The number of likely N-dealkylation sites (tertiary alicyclic amines) is 1. The molecule has 5 nitrogen and oxygen atoms in total. The van der Waals surface area contributed by atoms with Crippen LogP contribution in [0.4, 0.5) is 0 Å². The van der Waals surface area contributed by atoms with Gasteiger partial charge in [0.05, 0.1) is 0 Å². The molecular weight excluding hydrogens is 362 g/mol. The molecule has 1 aromatic rings. The molecule has 2 aliphatic heterocycles. The Hall–Kier alpha value is -1.88. The van der Waals surface area contributed by atoms with Crippen molar-refractivity contribution in [1.82, 2.24) is 15.1 Å². The van der Waals surface area contributed by atoms with Crippen LogP contribution in [0.15, 0.2) is 24.3 Å². The lowest BCUT2D eigenvalue weighted by Gasteiger charge is -2.52. The molecule has 1 atom stereocenters. The highest BCUT2D eigenvalue weighted by Gasteiger charge is 2.53. The molecule has 2 fully saturated rings. The minimum Gasteiger partial charge on any atom is -0.342 e. The molecule has 5 heteroatoms. The first-order chi connectivity index (χ1) is 13.9. The fourth-order valence-corrected chi connectivity index (χ4v) is 4.79. The maximum Gasteiger partial charge on any atom is 0.246 e. The SMILES string of the molecule is CCCCN1C(=O)[C@H](CC(C)C)NC(=O)C12CCN(Cc1cccc(C)c1)CC2. The molecule has 2 saturated heterocycles. The zero-order valence-corrected chi connectivity index (χ0v) is 18.5. The summed E-state index contributed by atoms with van der Waals surface area (Å²) in [7, 11) is 0. The molecule has 3 rings (SSSR count). The number of carbonyl (C=O) groups excluding carboxylic acids is 2. The second kappa shape index (κ2) is 9.29. The summed E-state index contributed by atoms with van der Waals surface area (Å²) in [5.41, 5.74) is 1.92. The van der Waals surface area contributed by atoms with E-state index in [9.17, 15) is 9.59 Å². The van der Waals surface area contributed by atoms with Gasteiger partial charge in [0.25, 0.3) is 0 Å². The number of aryl methyl sites for hydroxylation is 1. The van der Waals surface area contributed by atoms with E-state index in [2.05, 4.69) is 62.2 Å². The average molecular weight is 400 g/mol. The van der Waals surface area contributed by atoms with E-state index in [4.69, 9.17) is 0 Å². The van der Waals surface area contributed by atoms with Crippen molar-refractivity contribution in [2.75, 3.05) is 19.6 Å². The van der Waals surface area contributed by atoms with Crippen LogP contribution in [0.5, 0.6) is 0 Å². The van der Waals surface area contributed by atoms with Crippen LogP contribution in [0.2, 0.25) is 0 Å². The third-order valence-corrected chi connectivity index (χ3v) is 6.42. The smallest absolute Gasteiger partial charge is 0.246 e. The van der Waals surface area contributed by atoms with Crippen molar-refractivity contribution in [2.45, 2.75) is 77.9 Å². The maximum atomic E-state index is 13.3. The summed E-state index contributed by atoms with van der Waals surface area (Å²) < 4.78 is 0. The van der Waals surface area contributed by atoms with Crippen molar-refractivity contribution in [1.29, 1.82) is 0 Å². The quantitative estimate of drug-likeness (QED) is 0.763. The first-order valence-electron chi connectivity index (χ1n) is 11.3. The molecule has 1 spiro atoms. The molecule has 0 saturated carbocycles. The zero-order chi connectivity index (χ0) is 21.0. The Morgan fingerprint density at radius 1 is 1.21 bits per heavy atom. The van der Waals surface area contributed by atoms with Gasteiger partial charge in [0.2, 0.25) is 11.8 Å². The molecule has 2 amide bonds. The van der Waals surface area contributed by atoms with Crippen LogP contribution in [0, 0.1) is 12.8 Å². The lowest BCUT2D eigenvalue weighted by Crippen LogP contribution is -2.73. The van der Waals surface area contributed by atoms with E-state index in [-0.39, 0.29) is 17.9 Å². The molecule has 160 valence electrons. The van der Waals surface area contributed by atoms with Gasteiger partial charge >= 0.3 is 0 Å². The molecule has 0 bridgehead atoms. The van der Waals surface area contributed by atoms with Gasteiger partial charge in [-0.1, -0.05) is 57.0 Å². The summed E-state index contributed by atoms with van der Waals surface area (Å²) in [6.07, 6.45) is 4.11. The molecule has 2 heterocycles. The van der Waals surface area contributed by atoms with E-state index in [1.165, 1.54) is 11.1 Å². The van der Waals surface area contributed by atoms with Crippen LogP contribution in [-0.4, -0.2) is 52.8 Å². The van der Waals surface area contributed by atoms with Gasteiger partial charge in [-0.05, 0) is 44.1 Å². The molecule has 1 aromatic carbocycles. The summed E-state index contributed by atoms with van der Waals surface area (Å²) in [6, 6.07) is 8.25. The standard InChI is InChI=1S/C24H37N3O2/c1-5-6-12-27-22(28)21(15-18(2)3)25-23(29)24(27)10-13-26(14-11-24)17-20-9-7-8-19(4)16-20/h7-9,16,18,21H,5-6,10-15,17H2,1-4H3,(H,25,29)/t21-/m0/s1. The van der Waals surface area contributed by atoms with Crippen LogP contribution in [-0.2, 0) is 16.1 Å². The Kier molecular flexibility index (Phi) is 6.99. The number of rotatable bonds is 7. The minimum atomic E-state index is -0.664. The summed E-state index contributed by atoms with van der Waals surface area (Å²) in [5.74, 6) is 0.565. The van der Waals surface area contributed by atoms with Gasteiger partial charge in [0.15, 0.2) is 0 Å². The van der Waals surface area contributed by atoms with E-state index >= 15 is 0 Å². The third kappa shape index (κ3) is 4.82. The monoisotopic (exact) mass is 399 g/mol. The normalized spacial score (nSPS) is 22.4. The topological polar surface area (TPSA) is 52.7 Å². The van der Waals surface area contributed by atoms with Gasteiger partial charge in [-0.15, -0.1) is 0 Å². The number of piperazine rings is 1. The molecule has 1 N–H and O–H groups in total. The number of piperidine rings is 1. The highest BCUT2D eigenvalue weighted by molar-refractivity contribution is 6.00. The van der Waals surface area contributed by atoms with E-state index < -0.39 is 5.54 Å². The molecule has 29 heavy (non-hydrogen) atoms. The Labute approximate surface area is 175 Å². The van der Waals surface area contributed by atoms with Gasteiger partial charge in [-0.2, -0.15) is 0 Å². The predicted molar refractivity (Wildman–Crippen MR) is 116 cm³/mol. The highest BCUT2D eigenvalue weighted by atomic mass is 16.2. The lowest BCUT2D eigenvalue weighted by molar-refractivity contribution is -0.161. The van der Waals surface area contributed by atoms with Crippen molar-refractivity contribution in [3.05, 3.63) is 35.4 Å². The van der Waals surface area contributed by atoms with Gasteiger partial charge < -0.3 is 10.2 Å². The van der Waals surface area contributed by atoms with Crippen LogP contribution in [0.1, 0.15) is 64.0 Å². The van der Waals surface area contributed by atoms with Crippen LogP contribution < -0.4 is 5.32 Å². The summed E-state index contributed by atoms with van der Waals surface area (Å²) in [6.45, 7) is 11.7. The molecule has 2 aliphatic rings. The Bertz CT molecular complexity index is 723. The van der Waals surface area contributed by atoms with E-state index in [1.807, 2.05) is 4.90 Å². The Morgan fingerprint density at radius 3 is 2.55 bits per heavy atom. The van der Waals surface area contributed by atoms with Crippen molar-refractivity contribution >= 4 is 11.8 Å². The van der Waals surface area contributed by atoms with Crippen LogP contribution in [0.25, 0.3) is 0 Å². The van der Waals surface area contributed by atoms with Crippen molar-refractivity contribution < 1.29 is 9.59 Å². The van der Waals surface area contributed by atoms with Gasteiger partial charge in [0.1, 0.15) is 11.6 Å². The van der Waals surface area contributed by atoms with Crippen LogP contribution in [0.3, 0.4) is 0 Å². The van der Waals surface area contributed by atoms with Gasteiger partial charge in [-0.3, -0.25) is 14.5 Å². The van der Waals surface area contributed by atoms with Crippen LogP contribution >= 0.6 is 0 Å². The number of hydrogen-bond donors (Lipinski definition) is 1. The largest absolute Gasteiger partial charge is 0.342 e. The molecule has 0 radical (unpaired) electrons. The number of hydrogen-bond acceptors (Lipinski definition) is 3. The van der Waals surface area contributed by atoms with Crippen molar-refractivity contribution in [3.63, 3.8) is 0 Å². The third-order valence-electron chi connectivity index (χ3n) is 6.42. The number of nitrogens with one attached hydrogen (secondary N) is 1. The number of unbranched alkanes of at least 4 members (excludes halogenated alkanes) is 1. The fraction of sp³-hybridized carbons (Fsp3) is 0.667. The highest BCUT2D eigenvalue weighted by Crippen LogP contribution is 2.34. The number of amides is 2. The average Bonchev–Trinajstić information content (AvgIpc) is 2.67. The lowest BCUT2D eigenvalue weighted by atomic mass is 9.80. The minimum absolute atomic E-state index is 0.0639. The van der Waals surface area contributed by atoms with Gasteiger partial charge in [-0.25, -0.2) is 0 Å². The van der Waals surface area contributed by atoms with Crippen molar-refractivity contribution in [2.24, 2.45) is 5.92 Å². The Balaban J connectivity index is 1.73. The second-order valence-electron chi connectivity index (χ2n) is 9.30. The van der Waals surface area contributed by atoms with E-state index in [0.29, 0.717) is 31.7 Å². The van der Waals surface area contributed by atoms with Crippen molar-refractivity contribution in [3.8, 4) is 0 Å². The number of nitrogens with zero attached hydrogens (tertiary/aromatic N) is 2. The first kappa shape index (κ1) is 21.8. The number of benzene rings is 1. The number of carbonyl (C=O) groups is 2. The molecule has 0 unspecified atom stereocenters. The predicted octanol–water partition coefficient (Wildman–Crippen LogP) is 3.50. The fourth-order valence-electron chi connectivity index (χ4n) is 4.79. The second-order valence-corrected chi connectivity index (χ2v) is 9.30. The van der Waals surface area contributed by atoms with E-state index in [1.54, 1.807) is 0 Å². The molecule has 0 aromatic heterocycles. The molecule has 0 aliphatic carbocycles. The summed E-state index contributed by atoms with van der Waals surface area (Å²) >= 11 is 0. The zero-order valence-electron chi connectivity index (χ0n) is 18.5. The van der Waals surface area contributed by atoms with E-state index in [0.717, 1.165) is 32.5 Å². The summed E-state index contributed by atoms with van der Waals surface area (Å²) in [5, 5.41) is 3.09.